The second kappa shape index (κ2) is 4.80. The smallest absolute Gasteiger partial charge is 0.404 e. The minimum Gasteiger partial charge on any atom is -0.404 e. The normalized spacial score (nSPS) is 12.7. The van der Waals surface area contributed by atoms with Gasteiger partial charge in [0, 0.05) is 17.2 Å². The third-order valence-corrected chi connectivity index (χ3v) is 2.62. The van der Waals surface area contributed by atoms with Crippen molar-refractivity contribution >= 4 is 28.6 Å². The van der Waals surface area contributed by atoms with Crippen LogP contribution in [0, 0.1) is 5.41 Å². The third-order valence-electron chi connectivity index (χ3n) is 2.62. The van der Waals surface area contributed by atoms with Crippen molar-refractivity contribution in [3.05, 3.63) is 35.8 Å². The number of rotatable bonds is 3. The highest BCUT2D eigenvalue weighted by molar-refractivity contribution is 6.24. The summed E-state index contributed by atoms with van der Waals surface area (Å²) < 4.78 is 37.6. The lowest BCUT2D eigenvalue weighted by Gasteiger charge is -2.11. The average Bonchev–Trinajstić information content (AvgIpc) is 2.80. The number of nitrogens with zero attached hydrogens (tertiary/aromatic N) is 1. The molecule has 2 rings (SSSR count). The van der Waals surface area contributed by atoms with Crippen molar-refractivity contribution in [3.8, 4) is 0 Å². The topological polar surface area (TPSA) is 95.6 Å². The molecule has 8 heteroatoms. The predicted octanol–water partition coefficient (Wildman–Crippen LogP) is 2.26. The molecule has 0 radical (unpaired) electrons. The van der Waals surface area contributed by atoms with Crippen LogP contribution in [0.3, 0.4) is 0 Å². The Balaban J connectivity index is 2.51. The van der Waals surface area contributed by atoms with Crippen molar-refractivity contribution in [2.75, 3.05) is 0 Å². The van der Waals surface area contributed by atoms with Gasteiger partial charge in [-0.3, -0.25) is 10.2 Å². The number of nitrogens with two attached hydrogens (primary N) is 1. The Kier molecular flexibility index (Phi) is 3.31. The molecule has 0 fully saturated rings. The standard InChI is InChI=1S/C12H9F3N4O/c13-12(14,15)10(17)8(4-16)9-2-1-6-3-7(5-20)18-11(6)19-9/h1-5,17H,16H2,(H,18,19). The summed E-state index contributed by atoms with van der Waals surface area (Å²) in [6, 6.07) is 4.32. The van der Waals surface area contributed by atoms with Gasteiger partial charge in [0.15, 0.2) is 6.29 Å². The van der Waals surface area contributed by atoms with Crippen LogP contribution in [0.25, 0.3) is 16.6 Å². The van der Waals surface area contributed by atoms with Gasteiger partial charge in [-0.2, -0.15) is 13.2 Å². The fourth-order valence-corrected chi connectivity index (χ4v) is 1.69. The molecule has 104 valence electrons. The highest BCUT2D eigenvalue weighted by Gasteiger charge is 2.37. The van der Waals surface area contributed by atoms with Crippen LogP contribution in [0.2, 0.25) is 0 Å². The highest BCUT2D eigenvalue weighted by atomic mass is 19.4. The maximum absolute atomic E-state index is 12.5. The predicted molar refractivity (Wildman–Crippen MR) is 67.4 cm³/mol. The van der Waals surface area contributed by atoms with Crippen LogP contribution in [-0.4, -0.2) is 28.1 Å². The molecule has 0 bridgehead atoms. The fourth-order valence-electron chi connectivity index (χ4n) is 1.69. The molecule has 0 amide bonds. The van der Waals surface area contributed by atoms with Crippen LogP contribution in [0.15, 0.2) is 24.4 Å². The van der Waals surface area contributed by atoms with Crippen LogP contribution in [-0.2, 0) is 0 Å². The van der Waals surface area contributed by atoms with E-state index in [1.165, 1.54) is 18.2 Å². The summed E-state index contributed by atoms with van der Waals surface area (Å²) in [7, 11) is 0. The van der Waals surface area contributed by atoms with E-state index >= 15 is 0 Å². The summed E-state index contributed by atoms with van der Waals surface area (Å²) in [4.78, 5) is 17.2. The lowest BCUT2D eigenvalue weighted by molar-refractivity contribution is -0.0578. The van der Waals surface area contributed by atoms with Gasteiger partial charge in [0.2, 0.25) is 0 Å². The van der Waals surface area contributed by atoms with Crippen LogP contribution in [0.4, 0.5) is 13.2 Å². The number of hydrogen-bond donors (Lipinski definition) is 3. The Labute approximate surface area is 110 Å². The second-order valence-corrected chi connectivity index (χ2v) is 3.93. The number of hydrogen-bond acceptors (Lipinski definition) is 4. The van der Waals surface area contributed by atoms with Gasteiger partial charge >= 0.3 is 6.18 Å². The first kappa shape index (κ1) is 13.8. The maximum atomic E-state index is 12.5. The van der Waals surface area contributed by atoms with Crippen LogP contribution in [0.5, 0.6) is 0 Å². The molecule has 0 aromatic carbocycles. The number of carbonyl (C=O) groups is 1. The summed E-state index contributed by atoms with van der Waals surface area (Å²) in [5.41, 5.74) is 3.48. The molecule has 0 unspecified atom stereocenters. The number of aldehydes is 1. The molecular weight excluding hydrogens is 273 g/mol. The van der Waals surface area contributed by atoms with E-state index in [0.29, 0.717) is 17.9 Å². The number of fused-ring (bicyclic) bond motifs is 1. The summed E-state index contributed by atoms with van der Waals surface area (Å²) in [5.74, 6) is 0. The molecule has 0 atom stereocenters. The zero-order valence-corrected chi connectivity index (χ0v) is 9.95. The second-order valence-electron chi connectivity index (χ2n) is 3.93. The van der Waals surface area contributed by atoms with Gasteiger partial charge in [-0.15, -0.1) is 0 Å². The number of aromatic amines is 1. The number of allylic oxidation sites excluding steroid dienone is 1. The first-order valence-corrected chi connectivity index (χ1v) is 5.40. The molecular formula is C12H9F3N4O. The fraction of sp³-hybridized carbons (Fsp3) is 0.0833. The Morgan fingerprint density at radius 3 is 2.65 bits per heavy atom. The summed E-state index contributed by atoms with van der Waals surface area (Å²) in [6.07, 6.45) is -3.56. The average molecular weight is 282 g/mol. The first-order valence-electron chi connectivity index (χ1n) is 5.40. The van der Waals surface area contributed by atoms with Crippen molar-refractivity contribution in [3.63, 3.8) is 0 Å². The van der Waals surface area contributed by atoms with Gasteiger partial charge in [-0.25, -0.2) is 4.98 Å². The number of H-pyrrole nitrogens is 1. The van der Waals surface area contributed by atoms with Gasteiger partial charge < -0.3 is 10.7 Å². The zero-order valence-electron chi connectivity index (χ0n) is 9.95. The van der Waals surface area contributed by atoms with Crippen molar-refractivity contribution < 1.29 is 18.0 Å². The van der Waals surface area contributed by atoms with E-state index in [2.05, 4.69) is 9.97 Å². The summed E-state index contributed by atoms with van der Waals surface area (Å²) in [5, 5.41) is 7.68. The Morgan fingerprint density at radius 2 is 2.10 bits per heavy atom. The molecule has 5 nitrogen and oxygen atoms in total. The minimum atomic E-state index is -4.81. The maximum Gasteiger partial charge on any atom is 0.433 e. The largest absolute Gasteiger partial charge is 0.433 e. The van der Waals surface area contributed by atoms with Crippen molar-refractivity contribution in [2.45, 2.75) is 6.18 Å². The molecule has 2 aromatic heterocycles. The number of pyridine rings is 1. The van der Waals surface area contributed by atoms with E-state index < -0.39 is 17.5 Å². The monoisotopic (exact) mass is 282 g/mol. The first-order chi connectivity index (χ1) is 9.36. The van der Waals surface area contributed by atoms with E-state index in [0.717, 1.165) is 0 Å². The molecule has 0 spiro atoms. The Morgan fingerprint density at radius 1 is 1.40 bits per heavy atom. The number of alkyl halides is 3. The summed E-state index contributed by atoms with van der Waals surface area (Å²) in [6.45, 7) is 0. The van der Waals surface area contributed by atoms with Crippen molar-refractivity contribution in [1.82, 2.24) is 9.97 Å². The van der Waals surface area contributed by atoms with E-state index in [1.54, 1.807) is 0 Å². The number of carbonyl (C=O) groups excluding carboxylic acids is 1. The van der Waals surface area contributed by atoms with Crippen molar-refractivity contribution in [1.29, 1.82) is 5.41 Å². The van der Waals surface area contributed by atoms with E-state index in [-0.39, 0.29) is 17.0 Å². The van der Waals surface area contributed by atoms with Gasteiger partial charge in [0.25, 0.3) is 0 Å². The molecule has 2 aromatic rings. The van der Waals surface area contributed by atoms with E-state index in [1.807, 2.05) is 0 Å². The quantitative estimate of drug-likeness (QED) is 0.595. The van der Waals surface area contributed by atoms with Gasteiger partial charge in [-0.05, 0) is 18.2 Å². The Hall–Kier alpha value is -2.64. The van der Waals surface area contributed by atoms with E-state index in [9.17, 15) is 18.0 Å². The lowest BCUT2D eigenvalue weighted by atomic mass is 10.1. The van der Waals surface area contributed by atoms with Crippen LogP contribution < -0.4 is 5.73 Å². The molecule has 0 aliphatic rings. The van der Waals surface area contributed by atoms with Gasteiger partial charge in [0.05, 0.1) is 11.4 Å². The van der Waals surface area contributed by atoms with Crippen LogP contribution >= 0.6 is 0 Å². The number of aromatic nitrogens is 2. The minimum absolute atomic E-state index is 0.0957. The SMILES string of the molecule is N=C(C(=CN)c1ccc2cc(C=O)[nH]c2n1)C(F)(F)F. The molecule has 20 heavy (non-hydrogen) atoms. The molecule has 0 saturated carbocycles. The third kappa shape index (κ3) is 2.40. The zero-order chi connectivity index (χ0) is 14.9. The number of halogens is 3. The molecule has 0 saturated heterocycles. The van der Waals surface area contributed by atoms with Gasteiger partial charge in [-0.1, -0.05) is 0 Å². The van der Waals surface area contributed by atoms with Crippen LogP contribution in [0.1, 0.15) is 16.2 Å². The van der Waals surface area contributed by atoms with Gasteiger partial charge in [0.1, 0.15) is 11.4 Å². The molecule has 0 aliphatic carbocycles. The lowest BCUT2D eigenvalue weighted by Crippen LogP contribution is -2.24. The molecule has 0 aliphatic heterocycles. The molecule has 4 N–H and O–H groups in total. The highest BCUT2D eigenvalue weighted by Crippen LogP contribution is 2.26. The number of nitrogens with one attached hydrogen (secondary N) is 2. The van der Waals surface area contributed by atoms with Crippen molar-refractivity contribution in [2.24, 2.45) is 5.73 Å². The molecule has 2 heterocycles. The van der Waals surface area contributed by atoms with E-state index in [4.69, 9.17) is 11.1 Å². The Bertz CT molecular complexity index is 715. The summed E-state index contributed by atoms with van der Waals surface area (Å²) >= 11 is 0.